The maximum Gasteiger partial charge on any atom is 0.123 e. The lowest BCUT2D eigenvalue weighted by Crippen LogP contribution is -2.29. The summed E-state index contributed by atoms with van der Waals surface area (Å²) in [7, 11) is 4.13. The van der Waals surface area contributed by atoms with Gasteiger partial charge in [0.05, 0.1) is 0 Å². The minimum atomic E-state index is -0.137. The van der Waals surface area contributed by atoms with E-state index in [9.17, 15) is 4.39 Å². The first-order valence-electron chi connectivity index (χ1n) is 9.41. The Morgan fingerprint density at radius 3 is 2.32 bits per heavy atom. The van der Waals surface area contributed by atoms with E-state index in [-0.39, 0.29) is 5.82 Å². The summed E-state index contributed by atoms with van der Waals surface area (Å²) >= 11 is 0. The van der Waals surface area contributed by atoms with Crippen molar-refractivity contribution in [3.8, 4) is 0 Å². The van der Waals surface area contributed by atoms with Crippen molar-refractivity contribution in [2.75, 3.05) is 32.5 Å². The van der Waals surface area contributed by atoms with Gasteiger partial charge in [-0.05, 0) is 98.1 Å². The average molecular weight is 338 g/mol. The molecule has 0 aromatic heterocycles. The first-order valence-corrected chi connectivity index (χ1v) is 9.41. The SMILES string of the molecule is CN1CCC(c2ccc(F)cc2)CC1.CNc1ccc2c(c1)C1CC21. The largest absolute Gasteiger partial charge is 0.388 e. The number of rotatable bonds is 2. The van der Waals surface area contributed by atoms with Gasteiger partial charge < -0.3 is 10.2 Å². The molecular weight excluding hydrogens is 311 g/mol. The molecule has 2 atom stereocenters. The quantitative estimate of drug-likeness (QED) is 0.833. The lowest BCUT2D eigenvalue weighted by molar-refractivity contribution is 0.255. The Bertz CT molecular complexity index is 732. The monoisotopic (exact) mass is 338 g/mol. The number of likely N-dealkylation sites (tertiary alicyclic amines) is 1. The highest BCUT2D eigenvalue weighted by Gasteiger charge is 2.50. The molecule has 0 spiro atoms. The molecule has 2 fully saturated rings. The van der Waals surface area contributed by atoms with E-state index >= 15 is 0 Å². The smallest absolute Gasteiger partial charge is 0.123 e. The van der Waals surface area contributed by atoms with Crippen molar-refractivity contribution in [1.82, 2.24) is 4.90 Å². The number of nitrogens with one attached hydrogen (secondary N) is 1. The molecule has 0 bridgehead atoms. The van der Waals surface area contributed by atoms with Crippen molar-refractivity contribution in [2.45, 2.75) is 37.0 Å². The molecule has 2 nitrogen and oxygen atoms in total. The Morgan fingerprint density at radius 2 is 1.64 bits per heavy atom. The Morgan fingerprint density at radius 1 is 0.960 bits per heavy atom. The van der Waals surface area contributed by atoms with Gasteiger partial charge in [-0.15, -0.1) is 0 Å². The lowest BCUT2D eigenvalue weighted by Gasteiger charge is -2.29. The molecule has 1 N–H and O–H groups in total. The van der Waals surface area contributed by atoms with Gasteiger partial charge in [0.1, 0.15) is 5.82 Å². The topological polar surface area (TPSA) is 15.3 Å². The fourth-order valence-electron chi connectivity index (χ4n) is 4.25. The molecular formula is C22H27FN2. The van der Waals surface area contributed by atoms with Crippen LogP contribution in [0, 0.1) is 5.82 Å². The molecule has 132 valence electrons. The van der Waals surface area contributed by atoms with Gasteiger partial charge in [-0.3, -0.25) is 0 Å². The number of halogens is 1. The van der Waals surface area contributed by atoms with Gasteiger partial charge in [-0.2, -0.15) is 0 Å². The van der Waals surface area contributed by atoms with Gasteiger partial charge in [-0.25, -0.2) is 4.39 Å². The van der Waals surface area contributed by atoms with Crippen molar-refractivity contribution in [1.29, 1.82) is 0 Å². The first kappa shape index (κ1) is 16.6. The van der Waals surface area contributed by atoms with Crippen molar-refractivity contribution in [3.63, 3.8) is 0 Å². The number of anilines is 1. The first-order chi connectivity index (χ1) is 12.2. The number of benzene rings is 2. The van der Waals surface area contributed by atoms with E-state index in [1.165, 1.54) is 30.5 Å². The maximum absolute atomic E-state index is 12.7. The van der Waals surface area contributed by atoms with Crippen LogP contribution >= 0.6 is 0 Å². The van der Waals surface area contributed by atoms with E-state index in [2.05, 4.69) is 35.5 Å². The molecule has 1 saturated heterocycles. The minimum Gasteiger partial charge on any atom is -0.388 e. The van der Waals surface area contributed by atoms with E-state index in [1.807, 2.05) is 19.2 Å². The Balaban J connectivity index is 0.000000128. The molecule has 1 heterocycles. The fraction of sp³-hybridized carbons (Fsp3) is 0.455. The summed E-state index contributed by atoms with van der Waals surface area (Å²) in [5, 5.41) is 3.17. The van der Waals surface area contributed by atoms with Crippen LogP contribution in [0.2, 0.25) is 0 Å². The summed E-state index contributed by atoms with van der Waals surface area (Å²) in [5.41, 5.74) is 5.75. The fourth-order valence-corrected chi connectivity index (χ4v) is 4.25. The van der Waals surface area contributed by atoms with Crippen LogP contribution in [0.3, 0.4) is 0 Å². The standard InChI is InChI=1S/C12H16FN.C10H11N/c1-14-8-6-11(7-9-14)10-2-4-12(13)5-3-10;1-11-6-2-3-7-8(4-6)10-5-9(7)10/h2-5,11H,6-9H2,1H3;2-4,9-11H,5H2,1H3. The summed E-state index contributed by atoms with van der Waals surface area (Å²) in [6.45, 7) is 2.31. The number of hydrogen-bond donors (Lipinski definition) is 1. The predicted octanol–water partition coefficient (Wildman–Crippen LogP) is 4.95. The van der Waals surface area contributed by atoms with Gasteiger partial charge in [0.25, 0.3) is 0 Å². The van der Waals surface area contributed by atoms with Crippen LogP contribution in [-0.2, 0) is 0 Å². The molecule has 0 radical (unpaired) electrons. The molecule has 1 aliphatic heterocycles. The number of piperidine rings is 1. The molecule has 5 rings (SSSR count). The zero-order chi connectivity index (χ0) is 17.4. The van der Waals surface area contributed by atoms with Gasteiger partial charge in [0.2, 0.25) is 0 Å². The number of nitrogens with zero attached hydrogens (tertiary/aromatic N) is 1. The third kappa shape index (κ3) is 3.43. The van der Waals surface area contributed by atoms with E-state index < -0.39 is 0 Å². The van der Waals surface area contributed by atoms with Gasteiger partial charge in [0, 0.05) is 12.7 Å². The van der Waals surface area contributed by atoms with Crippen LogP contribution < -0.4 is 5.32 Å². The summed E-state index contributed by atoms with van der Waals surface area (Å²) in [6, 6.07) is 13.7. The molecule has 3 aliphatic rings. The van der Waals surface area contributed by atoms with E-state index in [0.717, 1.165) is 24.9 Å². The average Bonchev–Trinajstić information content (AvgIpc) is 3.36. The normalized spacial score (nSPS) is 24.3. The van der Waals surface area contributed by atoms with E-state index in [4.69, 9.17) is 0 Å². The molecule has 2 aromatic carbocycles. The van der Waals surface area contributed by atoms with Crippen LogP contribution in [0.5, 0.6) is 0 Å². The van der Waals surface area contributed by atoms with Gasteiger partial charge in [0.15, 0.2) is 0 Å². The van der Waals surface area contributed by atoms with Crippen LogP contribution in [-0.4, -0.2) is 32.1 Å². The third-order valence-corrected chi connectivity index (χ3v) is 6.02. The molecule has 3 heteroatoms. The predicted molar refractivity (Wildman–Crippen MR) is 102 cm³/mol. The van der Waals surface area contributed by atoms with Crippen LogP contribution in [0.25, 0.3) is 0 Å². The Hall–Kier alpha value is -1.87. The van der Waals surface area contributed by atoms with E-state index in [1.54, 1.807) is 23.3 Å². The summed E-state index contributed by atoms with van der Waals surface area (Å²) in [4.78, 5) is 2.35. The van der Waals surface area contributed by atoms with E-state index in [0.29, 0.717) is 5.92 Å². The molecule has 1 saturated carbocycles. The number of hydrogen-bond acceptors (Lipinski definition) is 2. The van der Waals surface area contributed by atoms with Gasteiger partial charge >= 0.3 is 0 Å². The van der Waals surface area contributed by atoms with Crippen molar-refractivity contribution < 1.29 is 4.39 Å². The maximum atomic E-state index is 12.7. The second-order valence-corrected chi connectivity index (χ2v) is 7.67. The van der Waals surface area contributed by atoms with Gasteiger partial charge in [-0.1, -0.05) is 18.2 Å². The molecule has 2 aliphatic carbocycles. The summed E-state index contributed by atoms with van der Waals surface area (Å²) < 4.78 is 12.7. The van der Waals surface area contributed by atoms with Crippen LogP contribution in [0.1, 0.15) is 53.7 Å². The van der Waals surface area contributed by atoms with Crippen LogP contribution in [0.4, 0.5) is 10.1 Å². The Labute approximate surface area is 150 Å². The highest BCUT2D eigenvalue weighted by atomic mass is 19.1. The zero-order valence-electron chi connectivity index (χ0n) is 15.1. The lowest BCUT2D eigenvalue weighted by atomic mass is 9.88. The van der Waals surface area contributed by atoms with Crippen molar-refractivity contribution in [2.24, 2.45) is 0 Å². The zero-order valence-corrected chi connectivity index (χ0v) is 15.1. The highest BCUT2D eigenvalue weighted by molar-refractivity contribution is 5.60. The molecule has 25 heavy (non-hydrogen) atoms. The third-order valence-electron chi connectivity index (χ3n) is 6.02. The number of fused-ring (bicyclic) bond motifs is 4. The summed E-state index contributed by atoms with van der Waals surface area (Å²) in [6.07, 6.45) is 3.81. The second kappa shape index (κ2) is 6.80. The summed E-state index contributed by atoms with van der Waals surface area (Å²) in [5.74, 6) is 2.39. The van der Waals surface area contributed by atoms with Crippen LogP contribution in [0.15, 0.2) is 42.5 Å². The highest BCUT2D eigenvalue weighted by Crippen LogP contribution is 2.65. The van der Waals surface area contributed by atoms with Crippen molar-refractivity contribution >= 4 is 5.69 Å². The molecule has 2 unspecified atom stereocenters. The second-order valence-electron chi connectivity index (χ2n) is 7.67. The molecule has 0 amide bonds. The van der Waals surface area contributed by atoms with Crippen molar-refractivity contribution in [3.05, 3.63) is 65.0 Å². The molecule has 2 aromatic rings. The Kier molecular flexibility index (Phi) is 4.51. The minimum absolute atomic E-state index is 0.137.